The van der Waals surface area contributed by atoms with E-state index >= 15 is 0 Å². The molecule has 3 nitrogen and oxygen atoms in total. The predicted octanol–water partition coefficient (Wildman–Crippen LogP) is 2.73. The smallest absolute Gasteiger partial charge is 0.250 e. The Balaban J connectivity index is 2.35. The number of benzene rings is 1. The quantitative estimate of drug-likeness (QED) is 0.813. The first-order valence-electron chi connectivity index (χ1n) is 4.99. The molecule has 84 valence electrons. The standard InChI is InChI=1S/C12H13ClN2O/c1-8-12(2,3)11(16)14-15(8)10-6-4-9(13)5-7-10/h4-7H,1H2,2-3H3,(H,14,16). The van der Waals surface area contributed by atoms with E-state index in [9.17, 15) is 4.79 Å². The molecule has 1 N–H and O–H groups in total. The number of amides is 1. The number of nitrogens with one attached hydrogen (secondary N) is 1. The maximum absolute atomic E-state index is 11.7. The number of halogens is 1. The molecule has 4 heteroatoms. The number of carbonyl (C=O) groups is 1. The third kappa shape index (κ3) is 1.57. The third-order valence-corrected chi connectivity index (χ3v) is 3.11. The molecule has 1 saturated heterocycles. The average Bonchev–Trinajstić information content (AvgIpc) is 2.44. The molecule has 1 heterocycles. The van der Waals surface area contributed by atoms with Gasteiger partial charge in [-0.1, -0.05) is 18.2 Å². The first kappa shape index (κ1) is 11.0. The molecule has 1 amide bonds. The van der Waals surface area contributed by atoms with Gasteiger partial charge < -0.3 is 0 Å². The van der Waals surface area contributed by atoms with Gasteiger partial charge in [0, 0.05) is 10.7 Å². The molecule has 1 aromatic rings. The lowest BCUT2D eigenvalue weighted by atomic mass is 9.90. The highest BCUT2D eigenvalue weighted by Gasteiger charge is 2.42. The molecule has 2 rings (SSSR count). The number of nitrogens with zero attached hydrogens (tertiary/aromatic N) is 1. The molecule has 0 unspecified atom stereocenters. The van der Waals surface area contributed by atoms with Crippen molar-refractivity contribution >= 4 is 23.2 Å². The second-order valence-electron chi connectivity index (χ2n) is 4.32. The van der Waals surface area contributed by atoms with E-state index in [-0.39, 0.29) is 5.91 Å². The zero-order valence-corrected chi connectivity index (χ0v) is 10.0. The second-order valence-corrected chi connectivity index (χ2v) is 4.76. The van der Waals surface area contributed by atoms with E-state index in [0.29, 0.717) is 5.02 Å². The summed E-state index contributed by atoms with van der Waals surface area (Å²) in [6, 6.07) is 7.24. The average molecular weight is 237 g/mol. The topological polar surface area (TPSA) is 32.3 Å². The lowest BCUT2D eigenvalue weighted by Gasteiger charge is -2.21. The summed E-state index contributed by atoms with van der Waals surface area (Å²) < 4.78 is 0. The Hall–Kier alpha value is -1.48. The molecular weight excluding hydrogens is 224 g/mol. The Labute approximate surface area is 99.7 Å². The van der Waals surface area contributed by atoms with Crippen LogP contribution in [0.3, 0.4) is 0 Å². The van der Waals surface area contributed by atoms with Crippen molar-refractivity contribution in [1.29, 1.82) is 0 Å². The van der Waals surface area contributed by atoms with E-state index in [1.807, 2.05) is 26.0 Å². The molecule has 1 aliphatic rings. The summed E-state index contributed by atoms with van der Waals surface area (Å²) in [5, 5.41) is 2.36. The van der Waals surface area contributed by atoms with Crippen LogP contribution >= 0.6 is 11.6 Å². The maximum Gasteiger partial charge on any atom is 0.250 e. The SMILES string of the molecule is C=C1N(c2ccc(Cl)cc2)NC(=O)C1(C)C. The molecule has 0 bridgehead atoms. The predicted molar refractivity (Wildman–Crippen MR) is 65.0 cm³/mol. The van der Waals surface area contributed by atoms with Crippen LogP contribution in [-0.4, -0.2) is 5.91 Å². The minimum Gasteiger partial charge on any atom is -0.272 e. The minimum atomic E-state index is -0.570. The van der Waals surface area contributed by atoms with Crippen LogP contribution in [0.4, 0.5) is 5.69 Å². The highest BCUT2D eigenvalue weighted by atomic mass is 35.5. The number of anilines is 1. The number of hydrogen-bond donors (Lipinski definition) is 1. The molecule has 1 aliphatic heterocycles. The second kappa shape index (κ2) is 3.52. The van der Waals surface area contributed by atoms with E-state index in [4.69, 9.17) is 11.6 Å². The van der Waals surface area contributed by atoms with Crippen molar-refractivity contribution in [1.82, 2.24) is 5.43 Å². The van der Waals surface area contributed by atoms with Crippen molar-refractivity contribution in [3.8, 4) is 0 Å². The van der Waals surface area contributed by atoms with Gasteiger partial charge in [-0.05, 0) is 38.1 Å². The minimum absolute atomic E-state index is 0.0487. The summed E-state index contributed by atoms with van der Waals surface area (Å²) in [6.45, 7) is 7.64. The van der Waals surface area contributed by atoms with E-state index in [0.717, 1.165) is 11.4 Å². The molecule has 0 saturated carbocycles. The van der Waals surface area contributed by atoms with Gasteiger partial charge in [0.15, 0.2) is 0 Å². The molecule has 1 fully saturated rings. The molecule has 1 aromatic carbocycles. The van der Waals surface area contributed by atoms with Crippen molar-refractivity contribution in [2.24, 2.45) is 5.41 Å². The van der Waals surface area contributed by atoms with Gasteiger partial charge in [-0.3, -0.25) is 15.2 Å². The van der Waals surface area contributed by atoms with Gasteiger partial charge in [0.05, 0.1) is 11.1 Å². The monoisotopic (exact) mass is 236 g/mol. The normalized spacial score (nSPS) is 18.8. The van der Waals surface area contributed by atoms with Crippen LogP contribution in [0.25, 0.3) is 0 Å². The highest BCUT2D eigenvalue weighted by Crippen LogP contribution is 2.35. The number of carbonyl (C=O) groups excluding carboxylic acids is 1. The molecule has 16 heavy (non-hydrogen) atoms. The molecule has 0 atom stereocenters. The Morgan fingerprint density at radius 3 is 2.31 bits per heavy atom. The lowest BCUT2D eigenvalue weighted by Crippen LogP contribution is -2.32. The molecule has 0 radical (unpaired) electrons. The van der Waals surface area contributed by atoms with Crippen molar-refractivity contribution in [2.75, 3.05) is 5.01 Å². The van der Waals surface area contributed by atoms with Gasteiger partial charge in [0.25, 0.3) is 0 Å². The van der Waals surface area contributed by atoms with Crippen LogP contribution in [0, 0.1) is 5.41 Å². The van der Waals surface area contributed by atoms with E-state index in [1.165, 1.54) is 0 Å². The van der Waals surface area contributed by atoms with Crippen LogP contribution in [0.5, 0.6) is 0 Å². The van der Waals surface area contributed by atoms with Gasteiger partial charge in [-0.2, -0.15) is 0 Å². The van der Waals surface area contributed by atoms with Crippen LogP contribution < -0.4 is 10.4 Å². The first-order chi connectivity index (χ1) is 7.43. The molecule has 0 aromatic heterocycles. The summed E-state index contributed by atoms with van der Waals surface area (Å²) in [7, 11) is 0. The fourth-order valence-electron chi connectivity index (χ4n) is 1.53. The molecule has 0 aliphatic carbocycles. The van der Waals surface area contributed by atoms with E-state index in [1.54, 1.807) is 17.1 Å². The summed E-state index contributed by atoms with van der Waals surface area (Å²) in [6.07, 6.45) is 0. The maximum atomic E-state index is 11.7. The zero-order valence-electron chi connectivity index (χ0n) is 9.25. The van der Waals surface area contributed by atoms with Crippen molar-refractivity contribution < 1.29 is 4.79 Å². The Bertz CT molecular complexity index is 451. The van der Waals surface area contributed by atoms with Crippen LogP contribution in [0.2, 0.25) is 5.02 Å². The summed E-state index contributed by atoms with van der Waals surface area (Å²) >= 11 is 5.81. The molecule has 0 spiro atoms. The largest absolute Gasteiger partial charge is 0.272 e. The fraction of sp³-hybridized carbons (Fsp3) is 0.250. The number of rotatable bonds is 1. The van der Waals surface area contributed by atoms with Gasteiger partial charge >= 0.3 is 0 Å². The fourth-order valence-corrected chi connectivity index (χ4v) is 1.66. The lowest BCUT2D eigenvalue weighted by molar-refractivity contribution is -0.125. The Morgan fingerprint density at radius 1 is 1.31 bits per heavy atom. The van der Waals surface area contributed by atoms with Crippen molar-refractivity contribution in [3.63, 3.8) is 0 Å². The van der Waals surface area contributed by atoms with Gasteiger partial charge in [0.1, 0.15) is 0 Å². The first-order valence-corrected chi connectivity index (χ1v) is 5.37. The van der Waals surface area contributed by atoms with Gasteiger partial charge in [0.2, 0.25) is 5.91 Å². The summed E-state index contributed by atoms with van der Waals surface area (Å²) in [4.78, 5) is 11.7. The van der Waals surface area contributed by atoms with Crippen molar-refractivity contribution in [2.45, 2.75) is 13.8 Å². The number of hydrogen-bond acceptors (Lipinski definition) is 2. The van der Waals surface area contributed by atoms with Crippen LogP contribution in [0.1, 0.15) is 13.8 Å². The van der Waals surface area contributed by atoms with Gasteiger partial charge in [-0.15, -0.1) is 0 Å². The van der Waals surface area contributed by atoms with Gasteiger partial charge in [-0.25, -0.2) is 0 Å². The van der Waals surface area contributed by atoms with Crippen molar-refractivity contribution in [3.05, 3.63) is 41.6 Å². The highest BCUT2D eigenvalue weighted by molar-refractivity contribution is 6.30. The van der Waals surface area contributed by atoms with E-state index < -0.39 is 5.41 Å². The summed E-state index contributed by atoms with van der Waals surface area (Å²) in [5.74, 6) is -0.0487. The third-order valence-electron chi connectivity index (χ3n) is 2.86. The van der Waals surface area contributed by atoms with E-state index in [2.05, 4.69) is 12.0 Å². The number of hydrazine groups is 1. The van der Waals surface area contributed by atoms with Crippen LogP contribution in [-0.2, 0) is 4.79 Å². The van der Waals surface area contributed by atoms with Crippen LogP contribution in [0.15, 0.2) is 36.5 Å². The Kier molecular flexibility index (Phi) is 2.43. The Morgan fingerprint density at radius 2 is 1.88 bits per heavy atom. The summed E-state index contributed by atoms with van der Waals surface area (Å²) in [5.41, 5.74) is 3.80. The molecular formula is C12H13ClN2O. The zero-order chi connectivity index (χ0) is 11.9.